The van der Waals surface area contributed by atoms with Crippen LogP contribution in [0.4, 0.5) is 0 Å². The van der Waals surface area contributed by atoms with Crippen LogP contribution in [0.3, 0.4) is 0 Å². The number of rotatable bonds is 12. The first-order chi connectivity index (χ1) is 17.6. The first kappa shape index (κ1) is 31.3. The summed E-state index contributed by atoms with van der Waals surface area (Å²) in [5.74, 6) is 0. The van der Waals surface area contributed by atoms with Crippen LogP contribution in [0, 0.1) is 21.7 Å². The highest BCUT2D eigenvalue weighted by Crippen LogP contribution is 2.51. The molecule has 2 N–H and O–H groups in total. The Bertz CT molecular complexity index is 1010. The van der Waals surface area contributed by atoms with Gasteiger partial charge in [0.15, 0.2) is 0 Å². The first-order valence-corrected chi connectivity index (χ1v) is 15.8. The fourth-order valence-electron chi connectivity index (χ4n) is 5.05. The van der Waals surface area contributed by atoms with E-state index in [2.05, 4.69) is 104 Å². The molecular formula is C34H50O2S2. The minimum Gasteiger partial charge on any atom is -0.396 e. The summed E-state index contributed by atoms with van der Waals surface area (Å²) >= 11 is 3.86. The maximum Gasteiger partial charge on any atom is 0.0482 e. The smallest absolute Gasteiger partial charge is 0.0482 e. The van der Waals surface area contributed by atoms with Gasteiger partial charge in [-0.15, -0.1) is 0 Å². The van der Waals surface area contributed by atoms with E-state index in [9.17, 15) is 10.2 Å². The summed E-state index contributed by atoms with van der Waals surface area (Å²) in [6.45, 7) is 18.3. The number of benzene rings is 1. The largest absolute Gasteiger partial charge is 0.396 e. The molecule has 210 valence electrons. The van der Waals surface area contributed by atoms with E-state index < -0.39 is 0 Å². The summed E-state index contributed by atoms with van der Waals surface area (Å²) in [5.41, 5.74) is 2.63. The van der Waals surface area contributed by atoms with E-state index in [-0.39, 0.29) is 34.9 Å². The average molecular weight is 555 g/mol. The van der Waals surface area contributed by atoms with Crippen molar-refractivity contribution in [3.05, 3.63) is 69.5 Å². The normalized spacial score (nSPS) is 19.4. The Hall–Kier alpha value is -1.20. The maximum atomic E-state index is 9.66. The van der Waals surface area contributed by atoms with Gasteiger partial charge in [-0.3, -0.25) is 0 Å². The molecule has 0 radical (unpaired) electrons. The fourth-order valence-corrected chi connectivity index (χ4v) is 8.14. The van der Waals surface area contributed by atoms with Crippen LogP contribution in [0.25, 0.3) is 9.81 Å². The van der Waals surface area contributed by atoms with Crippen LogP contribution >= 0.6 is 23.5 Å². The zero-order chi connectivity index (χ0) is 28.2. The van der Waals surface area contributed by atoms with Gasteiger partial charge in [0.05, 0.1) is 0 Å². The van der Waals surface area contributed by atoms with Gasteiger partial charge in [0.2, 0.25) is 0 Å². The highest BCUT2D eigenvalue weighted by molar-refractivity contribution is 8.12. The number of aliphatic hydroxyl groups excluding tert-OH is 2. The number of hydrogen-bond acceptors (Lipinski definition) is 4. The minimum absolute atomic E-state index is 0.00740. The SMILES string of the molecule is CC1(C)C=C(CCCC(C)(C)CO)SC(c2ccccc2C2=CC(C)(C)C=C(CCCC(C)(C)CO)S2)=C1. The van der Waals surface area contributed by atoms with Crippen molar-refractivity contribution in [1.29, 1.82) is 0 Å². The molecule has 38 heavy (non-hydrogen) atoms. The molecule has 0 unspecified atom stereocenters. The Labute approximate surface area is 241 Å². The lowest BCUT2D eigenvalue weighted by Crippen LogP contribution is -2.16. The van der Waals surface area contributed by atoms with Crippen molar-refractivity contribution < 1.29 is 10.2 Å². The van der Waals surface area contributed by atoms with Crippen molar-refractivity contribution in [3.63, 3.8) is 0 Å². The maximum absolute atomic E-state index is 9.66. The lowest BCUT2D eigenvalue weighted by molar-refractivity contribution is 0.148. The first-order valence-electron chi connectivity index (χ1n) is 14.2. The van der Waals surface area contributed by atoms with Crippen LogP contribution in [0.1, 0.15) is 105 Å². The van der Waals surface area contributed by atoms with Crippen LogP contribution in [0.5, 0.6) is 0 Å². The van der Waals surface area contributed by atoms with Crippen molar-refractivity contribution in [2.75, 3.05) is 13.2 Å². The van der Waals surface area contributed by atoms with Gasteiger partial charge in [0.1, 0.15) is 0 Å². The molecule has 1 aromatic carbocycles. The summed E-state index contributed by atoms with van der Waals surface area (Å²) in [7, 11) is 0. The van der Waals surface area contributed by atoms with E-state index in [1.54, 1.807) is 0 Å². The molecule has 4 heteroatoms. The third-order valence-corrected chi connectivity index (χ3v) is 9.71. The summed E-state index contributed by atoms with van der Waals surface area (Å²) in [4.78, 5) is 5.58. The Morgan fingerprint density at radius 1 is 0.632 bits per heavy atom. The quantitative estimate of drug-likeness (QED) is 0.270. The molecule has 0 spiro atoms. The molecule has 2 heterocycles. The predicted molar refractivity (Wildman–Crippen MR) is 171 cm³/mol. The molecule has 0 aliphatic carbocycles. The highest BCUT2D eigenvalue weighted by atomic mass is 32.2. The number of thioether (sulfide) groups is 2. The van der Waals surface area contributed by atoms with Gasteiger partial charge in [-0.05, 0) is 70.3 Å². The van der Waals surface area contributed by atoms with Crippen molar-refractivity contribution in [2.24, 2.45) is 21.7 Å². The monoisotopic (exact) mass is 554 g/mol. The molecular weight excluding hydrogens is 505 g/mol. The summed E-state index contributed by atoms with van der Waals surface area (Å²) in [5, 5.41) is 19.3. The summed E-state index contributed by atoms with van der Waals surface area (Å²) < 4.78 is 0. The Morgan fingerprint density at radius 2 is 1.00 bits per heavy atom. The van der Waals surface area contributed by atoms with Gasteiger partial charge in [0.25, 0.3) is 0 Å². The standard InChI is InChI=1S/C34H50O2S2/c1-31(2,23-35)17-11-13-25-19-33(5,6)21-29(37-25)27-15-9-10-16-28(27)30-22-34(7,8)20-26(38-30)14-12-18-32(3,4)24-36/h9-10,15-16,19-22,35-36H,11-14,17-18,23-24H2,1-8H3. The molecule has 0 atom stereocenters. The molecule has 0 bridgehead atoms. The van der Waals surface area contributed by atoms with E-state index in [1.807, 2.05) is 23.5 Å². The molecule has 0 saturated heterocycles. The van der Waals surface area contributed by atoms with Gasteiger partial charge < -0.3 is 10.2 Å². The van der Waals surface area contributed by atoms with E-state index in [1.165, 1.54) is 30.7 Å². The molecule has 2 aliphatic rings. The predicted octanol–water partition coefficient (Wildman–Crippen LogP) is 10.1. The third kappa shape index (κ3) is 9.18. The summed E-state index contributed by atoms with van der Waals surface area (Å²) in [6, 6.07) is 8.92. The fraction of sp³-hybridized carbons (Fsp3) is 0.588. The molecule has 1 aromatic rings. The molecule has 0 aromatic heterocycles. The molecule has 0 amide bonds. The van der Waals surface area contributed by atoms with Gasteiger partial charge >= 0.3 is 0 Å². The van der Waals surface area contributed by atoms with E-state index in [4.69, 9.17) is 0 Å². The Kier molecular flexibility index (Phi) is 10.3. The average Bonchev–Trinajstić information content (AvgIpc) is 2.82. The van der Waals surface area contributed by atoms with E-state index in [0.717, 1.165) is 38.5 Å². The van der Waals surface area contributed by atoms with Crippen LogP contribution in [0.2, 0.25) is 0 Å². The van der Waals surface area contributed by atoms with Crippen LogP contribution in [-0.2, 0) is 0 Å². The second-order valence-electron chi connectivity index (χ2n) is 14.0. The topological polar surface area (TPSA) is 40.5 Å². The van der Waals surface area contributed by atoms with Crippen molar-refractivity contribution in [2.45, 2.75) is 93.9 Å². The van der Waals surface area contributed by atoms with Gasteiger partial charge in [-0.1, -0.05) is 127 Å². The van der Waals surface area contributed by atoms with Crippen molar-refractivity contribution in [3.8, 4) is 0 Å². The number of allylic oxidation sites excluding steroid dienone is 6. The second kappa shape index (κ2) is 12.5. The zero-order valence-corrected chi connectivity index (χ0v) is 26.6. The lowest BCUT2D eigenvalue weighted by Gasteiger charge is -2.30. The summed E-state index contributed by atoms with van der Waals surface area (Å²) in [6.07, 6.45) is 16.1. The van der Waals surface area contributed by atoms with Crippen LogP contribution < -0.4 is 0 Å². The van der Waals surface area contributed by atoms with E-state index >= 15 is 0 Å². The van der Waals surface area contributed by atoms with Gasteiger partial charge in [-0.25, -0.2) is 0 Å². The molecule has 2 nitrogen and oxygen atoms in total. The molecule has 3 rings (SSSR count). The molecule has 0 fully saturated rings. The number of hydrogen-bond donors (Lipinski definition) is 2. The van der Waals surface area contributed by atoms with Crippen LogP contribution in [-0.4, -0.2) is 23.4 Å². The molecule has 0 saturated carbocycles. The van der Waals surface area contributed by atoms with Gasteiger partial charge in [-0.2, -0.15) is 0 Å². The van der Waals surface area contributed by atoms with Crippen LogP contribution in [0.15, 0.2) is 58.4 Å². The number of aliphatic hydroxyl groups is 2. The third-order valence-electron chi connectivity index (χ3n) is 7.42. The Morgan fingerprint density at radius 3 is 1.34 bits per heavy atom. The van der Waals surface area contributed by atoms with Gasteiger partial charge in [0, 0.05) is 33.9 Å². The van der Waals surface area contributed by atoms with E-state index in [0.29, 0.717) is 0 Å². The highest BCUT2D eigenvalue weighted by Gasteiger charge is 2.27. The lowest BCUT2D eigenvalue weighted by atomic mass is 9.86. The minimum atomic E-state index is -0.0166. The van der Waals surface area contributed by atoms with Crippen molar-refractivity contribution >= 4 is 33.3 Å². The molecule has 2 aliphatic heterocycles. The second-order valence-corrected chi connectivity index (χ2v) is 16.3. The Balaban J connectivity index is 1.81. The van der Waals surface area contributed by atoms with Crippen molar-refractivity contribution in [1.82, 2.24) is 0 Å². The zero-order valence-electron chi connectivity index (χ0n) is 25.0.